The molecule has 0 radical (unpaired) electrons. The van der Waals surface area contributed by atoms with Crippen molar-refractivity contribution < 1.29 is 9.53 Å². The first kappa shape index (κ1) is 17.1. The molecule has 0 unspecified atom stereocenters. The van der Waals surface area contributed by atoms with E-state index in [2.05, 4.69) is 39.5 Å². The largest absolute Gasteiger partial charge is 0.465 e. The number of carbonyl (C=O) groups is 1. The summed E-state index contributed by atoms with van der Waals surface area (Å²) in [7, 11) is 0. The fourth-order valence-electron chi connectivity index (χ4n) is 3.75. The van der Waals surface area contributed by atoms with Crippen LogP contribution in [0, 0.1) is 17.8 Å². The zero-order valence-electron chi connectivity index (χ0n) is 14.4. The summed E-state index contributed by atoms with van der Waals surface area (Å²) in [6, 6.07) is 0. The Morgan fingerprint density at radius 2 is 2.18 bits per heavy atom. The lowest BCUT2D eigenvalue weighted by atomic mass is 9.72. The van der Waals surface area contributed by atoms with Gasteiger partial charge in [-0.15, -0.1) is 0 Å². The normalized spacial score (nSPS) is 31.8. The summed E-state index contributed by atoms with van der Waals surface area (Å²) in [6.07, 6.45) is 10.7. The standard InChI is InChI=1S/C20H30O2/c1-14(2)7-5-10-18-17-12-11-15(3)8-6-9-16(4)19(17)13-22-20(18)21/h7-8,17-19H,4-6,9-13H2,1-3H3/b15-8+/t17-,18-,19+/m1/s1. The van der Waals surface area contributed by atoms with Crippen LogP contribution in [-0.4, -0.2) is 12.6 Å². The van der Waals surface area contributed by atoms with Gasteiger partial charge in [0.2, 0.25) is 0 Å². The molecule has 0 aromatic carbocycles. The molecule has 0 bridgehead atoms. The first-order chi connectivity index (χ1) is 10.5. The zero-order valence-corrected chi connectivity index (χ0v) is 14.4. The van der Waals surface area contributed by atoms with E-state index >= 15 is 0 Å². The molecule has 0 aromatic rings. The minimum Gasteiger partial charge on any atom is -0.465 e. The summed E-state index contributed by atoms with van der Waals surface area (Å²) in [4.78, 5) is 12.3. The Morgan fingerprint density at radius 3 is 2.91 bits per heavy atom. The lowest BCUT2D eigenvalue weighted by Gasteiger charge is -2.38. The molecule has 1 heterocycles. The third-order valence-electron chi connectivity index (χ3n) is 5.13. The molecule has 3 atom stereocenters. The van der Waals surface area contributed by atoms with Crippen molar-refractivity contribution in [1.82, 2.24) is 0 Å². The van der Waals surface area contributed by atoms with Gasteiger partial charge in [0.1, 0.15) is 0 Å². The fourth-order valence-corrected chi connectivity index (χ4v) is 3.75. The van der Waals surface area contributed by atoms with Crippen LogP contribution < -0.4 is 0 Å². The second-order valence-electron chi connectivity index (χ2n) is 7.15. The van der Waals surface area contributed by atoms with Crippen LogP contribution in [0.15, 0.2) is 35.5 Å². The van der Waals surface area contributed by atoms with E-state index in [9.17, 15) is 4.79 Å². The molecule has 2 aliphatic rings. The molecule has 1 aliphatic heterocycles. The summed E-state index contributed by atoms with van der Waals surface area (Å²) in [5.74, 6) is 0.809. The van der Waals surface area contributed by atoms with Crippen LogP contribution in [0.1, 0.15) is 59.3 Å². The van der Waals surface area contributed by atoms with Gasteiger partial charge in [-0.05, 0) is 65.2 Å². The van der Waals surface area contributed by atoms with Gasteiger partial charge in [0.25, 0.3) is 0 Å². The molecule has 0 spiro atoms. The molecule has 2 rings (SSSR count). The zero-order chi connectivity index (χ0) is 16.1. The highest BCUT2D eigenvalue weighted by atomic mass is 16.5. The Kier molecular flexibility index (Phi) is 6.05. The minimum absolute atomic E-state index is 0.0112. The van der Waals surface area contributed by atoms with Crippen molar-refractivity contribution in [3.8, 4) is 0 Å². The maximum Gasteiger partial charge on any atom is 0.309 e. The monoisotopic (exact) mass is 302 g/mol. The van der Waals surface area contributed by atoms with Crippen LogP contribution >= 0.6 is 0 Å². The maximum absolute atomic E-state index is 12.3. The van der Waals surface area contributed by atoms with Gasteiger partial charge in [0, 0.05) is 5.92 Å². The Balaban J connectivity index is 2.15. The molecule has 22 heavy (non-hydrogen) atoms. The van der Waals surface area contributed by atoms with E-state index < -0.39 is 0 Å². The van der Waals surface area contributed by atoms with Gasteiger partial charge < -0.3 is 4.74 Å². The molecule has 122 valence electrons. The van der Waals surface area contributed by atoms with Crippen LogP contribution in [0.2, 0.25) is 0 Å². The first-order valence-electron chi connectivity index (χ1n) is 8.62. The fraction of sp³-hybridized carbons (Fsp3) is 0.650. The summed E-state index contributed by atoms with van der Waals surface area (Å²) >= 11 is 0. The molecule has 0 saturated carbocycles. The Hall–Kier alpha value is -1.31. The van der Waals surface area contributed by atoms with Gasteiger partial charge in [0.05, 0.1) is 12.5 Å². The van der Waals surface area contributed by atoms with Crippen molar-refractivity contribution in [1.29, 1.82) is 0 Å². The summed E-state index contributed by atoms with van der Waals surface area (Å²) in [5.41, 5.74) is 4.05. The van der Waals surface area contributed by atoms with E-state index in [1.807, 2.05) is 0 Å². The molecule has 0 N–H and O–H groups in total. The van der Waals surface area contributed by atoms with E-state index in [1.54, 1.807) is 0 Å². The number of hydrogen-bond donors (Lipinski definition) is 0. The van der Waals surface area contributed by atoms with E-state index in [0.717, 1.165) is 38.5 Å². The van der Waals surface area contributed by atoms with Crippen molar-refractivity contribution >= 4 is 5.97 Å². The van der Waals surface area contributed by atoms with E-state index in [1.165, 1.54) is 16.7 Å². The number of allylic oxidation sites excluding steroid dienone is 4. The molecule has 0 aromatic heterocycles. The second kappa shape index (κ2) is 7.80. The van der Waals surface area contributed by atoms with Gasteiger partial charge >= 0.3 is 5.97 Å². The number of fused-ring (bicyclic) bond motifs is 1. The van der Waals surface area contributed by atoms with Gasteiger partial charge in [-0.25, -0.2) is 0 Å². The first-order valence-corrected chi connectivity index (χ1v) is 8.62. The van der Waals surface area contributed by atoms with Crippen LogP contribution in [0.5, 0.6) is 0 Å². The number of hydrogen-bond acceptors (Lipinski definition) is 2. The quantitative estimate of drug-likeness (QED) is 0.528. The smallest absolute Gasteiger partial charge is 0.309 e. The summed E-state index contributed by atoms with van der Waals surface area (Å²) in [6.45, 7) is 11.3. The highest BCUT2D eigenvalue weighted by Crippen LogP contribution is 2.40. The molecular weight excluding hydrogens is 272 g/mol. The lowest BCUT2D eigenvalue weighted by Crippen LogP contribution is -2.40. The van der Waals surface area contributed by atoms with Gasteiger partial charge in [-0.2, -0.15) is 0 Å². The molecule has 2 nitrogen and oxygen atoms in total. The topological polar surface area (TPSA) is 26.3 Å². The average molecular weight is 302 g/mol. The van der Waals surface area contributed by atoms with Crippen molar-refractivity contribution in [2.75, 3.05) is 6.61 Å². The predicted octanol–water partition coefficient (Wildman–Crippen LogP) is 5.21. The van der Waals surface area contributed by atoms with Gasteiger partial charge in [0.15, 0.2) is 0 Å². The average Bonchev–Trinajstić information content (AvgIpc) is 2.52. The van der Waals surface area contributed by atoms with Crippen LogP contribution in [0.4, 0.5) is 0 Å². The lowest BCUT2D eigenvalue weighted by molar-refractivity contribution is -0.160. The van der Waals surface area contributed by atoms with Crippen molar-refractivity contribution in [2.45, 2.75) is 59.3 Å². The van der Waals surface area contributed by atoms with Crippen LogP contribution in [0.3, 0.4) is 0 Å². The highest BCUT2D eigenvalue weighted by molar-refractivity contribution is 5.73. The summed E-state index contributed by atoms with van der Waals surface area (Å²) < 4.78 is 5.51. The second-order valence-corrected chi connectivity index (χ2v) is 7.15. The number of esters is 1. The number of cyclic esters (lactones) is 1. The highest BCUT2D eigenvalue weighted by Gasteiger charge is 2.40. The number of carbonyl (C=O) groups excluding carboxylic acids is 1. The maximum atomic E-state index is 12.3. The third kappa shape index (κ3) is 4.34. The minimum atomic E-state index is 0.0112. The Bertz CT molecular complexity index is 480. The molecule has 2 heteroatoms. The molecular formula is C20H30O2. The molecule has 1 saturated heterocycles. The Labute approximate surface area is 135 Å². The SMILES string of the molecule is C=C1CC/C=C(\C)CC[C@H]2[C@H]1COC(=O)[C@@H]2CCC=C(C)C. The van der Waals surface area contributed by atoms with E-state index in [4.69, 9.17) is 4.74 Å². The third-order valence-corrected chi connectivity index (χ3v) is 5.13. The number of ether oxygens (including phenoxy) is 1. The predicted molar refractivity (Wildman–Crippen MR) is 91.5 cm³/mol. The van der Waals surface area contributed by atoms with Gasteiger partial charge in [-0.3, -0.25) is 4.79 Å². The molecule has 1 aliphatic carbocycles. The van der Waals surface area contributed by atoms with Crippen molar-refractivity contribution in [2.24, 2.45) is 17.8 Å². The van der Waals surface area contributed by atoms with Crippen LogP contribution in [-0.2, 0) is 9.53 Å². The molecule has 1 fully saturated rings. The van der Waals surface area contributed by atoms with E-state index in [-0.39, 0.29) is 11.9 Å². The Morgan fingerprint density at radius 1 is 1.41 bits per heavy atom. The van der Waals surface area contributed by atoms with Crippen LogP contribution in [0.25, 0.3) is 0 Å². The van der Waals surface area contributed by atoms with Gasteiger partial charge in [-0.1, -0.05) is 35.5 Å². The van der Waals surface area contributed by atoms with Crippen molar-refractivity contribution in [3.05, 3.63) is 35.5 Å². The van der Waals surface area contributed by atoms with Crippen molar-refractivity contribution in [3.63, 3.8) is 0 Å². The number of rotatable bonds is 3. The van der Waals surface area contributed by atoms with E-state index in [0.29, 0.717) is 18.4 Å². The summed E-state index contributed by atoms with van der Waals surface area (Å²) in [5, 5.41) is 0. The molecule has 0 amide bonds.